The van der Waals surface area contributed by atoms with E-state index in [1.54, 1.807) is 0 Å². The molecule has 2 aromatic rings. The van der Waals surface area contributed by atoms with Crippen LogP contribution in [-0.2, 0) is 9.53 Å². The summed E-state index contributed by atoms with van der Waals surface area (Å²) < 4.78 is 5.46. The highest BCUT2D eigenvalue weighted by Gasteiger charge is 2.28. The van der Waals surface area contributed by atoms with E-state index in [0.29, 0.717) is 6.61 Å². The van der Waals surface area contributed by atoms with E-state index in [9.17, 15) is 4.79 Å². The van der Waals surface area contributed by atoms with E-state index in [1.807, 2.05) is 13.0 Å². The molecule has 0 radical (unpaired) electrons. The first kappa shape index (κ1) is 17.5. The molecule has 2 saturated heterocycles. The number of fused-ring (bicyclic) bond motifs is 1. The minimum atomic E-state index is -0.263. The van der Waals surface area contributed by atoms with Gasteiger partial charge in [-0.3, -0.25) is 4.79 Å². The van der Waals surface area contributed by atoms with Crippen molar-refractivity contribution in [3.05, 3.63) is 29.0 Å². The molecule has 0 bridgehead atoms. The van der Waals surface area contributed by atoms with E-state index in [4.69, 9.17) is 16.3 Å². The number of ether oxygens (including phenoxy) is 1. The minimum absolute atomic E-state index is 0.0342. The molecular formula is C19H23ClN4O2. The Bertz CT molecular complexity index is 809. The average molecular weight is 375 g/mol. The lowest BCUT2D eigenvalue weighted by atomic mass is 10.0. The summed E-state index contributed by atoms with van der Waals surface area (Å²) in [5.41, 5.74) is 2.02. The monoisotopic (exact) mass is 374 g/mol. The standard InChI is InChI=1S/C19H23ClN4O2/c1-12-4-5-14-15(11-12)22-19(20)23-17(14)24-8-6-13(7-9-24)21-18(25)16-3-2-10-26-16/h4-5,11,13,16H,2-3,6-10H2,1H3,(H,21,25). The third kappa shape index (κ3) is 3.62. The molecule has 2 fully saturated rings. The number of carbonyl (C=O) groups is 1. The molecule has 1 N–H and O–H groups in total. The lowest BCUT2D eigenvalue weighted by Gasteiger charge is -2.34. The van der Waals surface area contributed by atoms with Gasteiger partial charge in [-0.15, -0.1) is 0 Å². The molecule has 4 rings (SSSR count). The molecular weight excluding hydrogens is 352 g/mol. The summed E-state index contributed by atoms with van der Waals surface area (Å²) in [4.78, 5) is 23.3. The molecule has 7 heteroatoms. The number of halogens is 1. The van der Waals surface area contributed by atoms with Gasteiger partial charge in [0.15, 0.2) is 0 Å². The number of piperidine rings is 1. The molecule has 0 aliphatic carbocycles. The molecule has 6 nitrogen and oxygen atoms in total. The van der Waals surface area contributed by atoms with Crippen molar-refractivity contribution in [3.63, 3.8) is 0 Å². The lowest BCUT2D eigenvalue weighted by Crippen LogP contribution is -2.47. The fourth-order valence-corrected chi connectivity index (χ4v) is 3.92. The predicted molar refractivity (Wildman–Crippen MR) is 102 cm³/mol. The Balaban J connectivity index is 1.45. The number of nitrogens with one attached hydrogen (secondary N) is 1. The molecule has 2 aliphatic heterocycles. The number of aromatic nitrogens is 2. The average Bonchev–Trinajstić information content (AvgIpc) is 3.16. The van der Waals surface area contributed by atoms with Crippen molar-refractivity contribution >= 4 is 34.2 Å². The van der Waals surface area contributed by atoms with Crippen LogP contribution in [0.25, 0.3) is 10.9 Å². The Morgan fingerprint density at radius 3 is 2.81 bits per heavy atom. The maximum atomic E-state index is 12.2. The van der Waals surface area contributed by atoms with Crippen molar-refractivity contribution in [3.8, 4) is 0 Å². The summed E-state index contributed by atoms with van der Waals surface area (Å²) in [6.45, 7) is 4.38. The molecule has 1 atom stereocenters. The van der Waals surface area contributed by atoms with E-state index in [1.165, 1.54) is 0 Å². The van der Waals surface area contributed by atoms with Crippen LogP contribution in [0.5, 0.6) is 0 Å². The predicted octanol–water partition coefficient (Wildman–Crippen LogP) is 2.86. The van der Waals surface area contributed by atoms with Crippen LogP contribution < -0.4 is 10.2 Å². The van der Waals surface area contributed by atoms with Gasteiger partial charge in [0.05, 0.1) is 5.52 Å². The van der Waals surface area contributed by atoms with Gasteiger partial charge >= 0.3 is 0 Å². The van der Waals surface area contributed by atoms with Gasteiger partial charge in [0.2, 0.25) is 11.2 Å². The molecule has 1 unspecified atom stereocenters. The second-order valence-electron chi connectivity index (χ2n) is 7.11. The van der Waals surface area contributed by atoms with Gasteiger partial charge in [-0.1, -0.05) is 6.07 Å². The van der Waals surface area contributed by atoms with Crippen molar-refractivity contribution < 1.29 is 9.53 Å². The summed E-state index contributed by atoms with van der Waals surface area (Å²) in [6.07, 6.45) is 3.30. The number of aryl methyl sites for hydroxylation is 1. The van der Waals surface area contributed by atoms with E-state index in [0.717, 1.165) is 61.1 Å². The minimum Gasteiger partial charge on any atom is -0.368 e. The highest BCUT2D eigenvalue weighted by molar-refractivity contribution is 6.28. The van der Waals surface area contributed by atoms with E-state index < -0.39 is 0 Å². The molecule has 138 valence electrons. The van der Waals surface area contributed by atoms with Gasteiger partial charge in [0.25, 0.3) is 0 Å². The van der Waals surface area contributed by atoms with Crippen LogP contribution in [0.4, 0.5) is 5.82 Å². The quantitative estimate of drug-likeness (QED) is 0.837. The van der Waals surface area contributed by atoms with E-state index in [-0.39, 0.29) is 23.3 Å². The van der Waals surface area contributed by atoms with Crippen molar-refractivity contribution in [2.24, 2.45) is 0 Å². The van der Waals surface area contributed by atoms with Gasteiger partial charge < -0.3 is 15.0 Å². The van der Waals surface area contributed by atoms with Gasteiger partial charge in [0.1, 0.15) is 11.9 Å². The molecule has 0 spiro atoms. The zero-order valence-electron chi connectivity index (χ0n) is 14.9. The summed E-state index contributed by atoms with van der Waals surface area (Å²) in [7, 11) is 0. The highest BCUT2D eigenvalue weighted by Crippen LogP contribution is 2.28. The second kappa shape index (κ2) is 7.37. The first-order valence-electron chi connectivity index (χ1n) is 9.21. The topological polar surface area (TPSA) is 67.4 Å². The summed E-state index contributed by atoms with van der Waals surface area (Å²) in [5, 5.41) is 4.43. The Morgan fingerprint density at radius 1 is 1.27 bits per heavy atom. The zero-order valence-corrected chi connectivity index (χ0v) is 15.6. The first-order valence-corrected chi connectivity index (χ1v) is 9.59. The first-order chi connectivity index (χ1) is 12.6. The molecule has 3 heterocycles. The van der Waals surface area contributed by atoms with Gasteiger partial charge in [-0.05, 0) is 61.9 Å². The summed E-state index contributed by atoms with van der Waals surface area (Å²) in [6, 6.07) is 6.34. The van der Waals surface area contributed by atoms with E-state index in [2.05, 4.69) is 32.3 Å². The van der Waals surface area contributed by atoms with Gasteiger partial charge in [-0.2, -0.15) is 4.98 Å². The van der Waals surface area contributed by atoms with Crippen molar-refractivity contribution in [1.82, 2.24) is 15.3 Å². The lowest BCUT2D eigenvalue weighted by molar-refractivity contribution is -0.130. The Kier molecular flexibility index (Phi) is 4.96. The fourth-order valence-electron chi connectivity index (χ4n) is 3.75. The zero-order chi connectivity index (χ0) is 18.1. The maximum absolute atomic E-state index is 12.2. The SMILES string of the molecule is Cc1ccc2c(N3CCC(NC(=O)C4CCCO4)CC3)nc(Cl)nc2c1. The number of benzene rings is 1. The van der Waals surface area contributed by atoms with Crippen molar-refractivity contribution in [1.29, 1.82) is 0 Å². The molecule has 2 aliphatic rings. The Labute approximate surface area is 157 Å². The van der Waals surface area contributed by atoms with Crippen LogP contribution in [0.15, 0.2) is 18.2 Å². The van der Waals surface area contributed by atoms with Crippen LogP contribution >= 0.6 is 11.6 Å². The van der Waals surface area contributed by atoms with Crippen molar-refractivity contribution in [2.75, 3.05) is 24.6 Å². The summed E-state index contributed by atoms with van der Waals surface area (Å²) >= 11 is 6.15. The fraction of sp³-hybridized carbons (Fsp3) is 0.526. The normalized spacial score (nSPS) is 21.3. The van der Waals surface area contributed by atoms with E-state index >= 15 is 0 Å². The summed E-state index contributed by atoms with van der Waals surface area (Å²) in [5.74, 6) is 0.913. The number of carbonyl (C=O) groups excluding carboxylic acids is 1. The molecule has 1 aromatic carbocycles. The number of amides is 1. The Morgan fingerprint density at radius 2 is 2.08 bits per heavy atom. The molecule has 0 saturated carbocycles. The molecule has 26 heavy (non-hydrogen) atoms. The Hall–Kier alpha value is -1.92. The number of nitrogens with zero attached hydrogens (tertiary/aromatic N) is 3. The molecule has 1 aromatic heterocycles. The second-order valence-corrected chi connectivity index (χ2v) is 7.45. The smallest absolute Gasteiger partial charge is 0.249 e. The third-order valence-electron chi connectivity index (χ3n) is 5.17. The van der Waals surface area contributed by atoms with Crippen LogP contribution in [0.1, 0.15) is 31.2 Å². The number of hydrogen-bond acceptors (Lipinski definition) is 5. The largest absolute Gasteiger partial charge is 0.368 e. The number of rotatable bonds is 3. The van der Waals surface area contributed by atoms with Crippen LogP contribution in [0, 0.1) is 6.92 Å². The third-order valence-corrected chi connectivity index (χ3v) is 5.34. The maximum Gasteiger partial charge on any atom is 0.249 e. The van der Waals surface area contributed by atoms with Crippen LogP contribution in [0.2, 0.25) is 5.28 Å². The van der Waals surface area contributed by atoms with Gasteiger partial charge in [-0.25, -0.2) is 4.98 Å². The molecule has 1 amide bonds. The van der Waals surface area contributed by atoms with Crippen LogP contribution in [0.3, 0.4) is 0 Å². The van der Waals surface area contributed by atoms with Crippen LogP contribution in [-0.4, -0.2) is 47.7 Å². The number of hydrogen-bond donors (Lipinski definition) is 1. The van der Waals surface area contributed by atoms with Crippen molar-refractivity contribution in [2.45, 2.75) is 44.8 Å². The number of anilines is 1. The van der Waals surface area contributed by atoms with Gasteiger partial charge in [0, 0.05) is 31.1 Å². The highest BCUT2D eigenvalue weighted by atomic mass is 35.5.